The molecule has 0 saturated carbocycles. The molecule has 2 saturated heterocycles. The van der Waals surface area contributed by atoms with Crippen LogP contribution < -0.4 is 0 Å². The molecular weight excluding hydrogens is 322 g/mol. The third kappa shape index (κ3) is 3.48. The molecule has 1 spiro atoms. The summed E-state index contributed by atoms with van der Waals surface area (Å²) in [6, 6.07) is 3.91. The fourth-order valence-electron chi connectivity index (χ4n) is 3.76. The Bertz CT molecular complexity index is 682. The number of furan rings is 1. The summed E-state index contributed by atoms with van der Waals surface area (Å²) in [5.74, 6) is 1.42. The van der Waals surface area contributed by atoms with Crippen LogP contribution in [0.4, 0.5) is 0 Å². The molecule has 134 valence electrons. The van der Waals surface area contributed by atoms with Gasteiger partial charge in [-0.3, -0.25) is 9.69 Å². The van der Waals surface area contributed by atoms with Crippen molar-refractivity contribution in [2.45, 2.75) is 25.0 Å². The summed E-state index contributed by atoms with van der Waals surface area (Å²) in [4.78, 5) is 20.2. The molecule has 0 aromatic carbocycles. The Hall–Kier alpha value is -2.12. The topological polar surface area (TPSA) is 72.0 Å². The van der Waals surface area contributed by atoms with Crippen LogP contribution in [0.2, 0.25) is 0 Å². The van der Waals surface area contributed by atoms with E-state index in [9.17, 15) is 4.79 Å². The molecule has 0 bridgehead atoms. The summed E-state index contributed by atoms with van der Waals surface area (Å²) in [6.07, 6.45) is 6.49. The van der Waals surface area contributed by atoms with E-state index in [1.807, 2.05) is 12.1 Å². The lowest BCUT2D eigenvalue weighted by Crippen LogP contribution is -2.66. The molecule has 1 amide bonds. The minimum atomic E-state index is -0.157. The molecule has 0 aliphatic carbocycles. The third-order valence-corrected chi connectivity index (χ3v) is 5.11. The number of amides is 1. The predicted molar refractivity (Wildman–Crippen MR) is 88.9 cm³/mol. The predicted octanol–water partition coefficient (Wildman–Crippen LogP) is 2.02. The second-order valence-electron chi connectivity index (χ2n) is 7.21. The standard InChI is InChI=1S/C18H23N3O4/c1-20(8-15-3-2-6-24-15)7-14-4-5-18(25-9-14)11-21(12-18)17(22)16-10-23-13-19-16/h2-3,6,10,13-14H,4-5,7-9,11-12H2,1H3/t14-/m0/s1. The quantitative estimate of drug-likeness (QED) is 0.826. The molecule has 25 heavy (non-hydrogen) atoms. The van der Waals surface area contributed by atoms with Crippen LogP contribution in [0, 0.1) is 5.92 Å². The van der Waals surface area contributed by atoms with Crippen LogP contribution in [0.3, 0.4) is 0 Å². The molecule has 0 radical (unpaired) electrons. The van der Waals surface area contributed by atoms with Crippen molar-refractivity contribution in [3.63, 3.8) is 0 Å². The van der Waals surface area contributed by atoms with Crippen LogP contribution in [-0.4, -0.2) is 59.6 Å². The Morgan fingerprint density at radius 3 is 3.00 bits per heavy atom. The van der Waals surface area contributed by atoms with Crippen molar-refractivity contribution < 1.29 is 18.4 Å². The van der Waals surface area contributed by atoms with Crippen LogP contribution in [0.1, 0.15) is 29.1 Å². The second kappa shape index (κ2) is 6.65. The van der Waals surface area contributed by atoms with Crippen LogP contribution in [0.5, 0.6) is 0 Å². The van der Waals surface area contributed by atoms with Crippen molar-refractivity contribution in [2.75, 3.05) is 33.3 Å². The smallest absolute Gasteiger partial charge is 0.276 e. The summed E-state index contributed by atoms with van der Waals surface area (Å²) >= 11 is 0. The van der Waals surface area contributed by atoms with Gasteiger partial charge in [-0.05, 0) is 37.9 Å². The molecule has 2 aromatic heterocycles. The van der Waals surface area contributed by atoms with Gasteiger partial charge in [0.1, 0.15) is 17.6 Å². The highest BCUT2D eigenvalue weighted by Crippen LogP contribution is 2.36. The highest BCUT2D eigenvalue weighted by molar-refractivity contribution is 5.92. The van der Waals surface area contributed by atoms with E-state index >= 15 is 0 Å². The number of ether oxygens (including phenoxy) is 1. The highest BCUT2D eigenvalue weighted by Gasteiger charge is 2.48. The first-order valence-electron chi connectivity index (χ1n) is 8.66. The van der Waals surface area contributed by atoms with Crippen LogP contribution in [0.25, 0.3) is 0 Å². The molecule has 4 heterocycles. The number of carbonyl (C=O) groups is 1. The Morgan fingerprint density at radius 1 is 1.48 bits per heavy atom. The van der Waals surface area contributed by atoms with E-state index in [1.54, 1.807) is 11.2 Å². The number of hydrogen-bond acceptors (Lipinski definition) is 6. The maximum Gasteiger partial charge on any atom is 0.276 e. The largest absolute Gasteiger partial charge is 0.468 e. The molecular formula is C18H23N3O4. The highest BCUT2D eigenvalue weighted by atomic mass is 16.5. The molecule has 2 fully saturated rings. The summed E-state index contributed by atoms with van der Waals surface area (Å²) in [5.41, 5.74) is 0.207. The van der Waals surface area contributed by atoms with E-state index in [-0.39, 0.29) is 11.5 Å². The first-order valence-corrected chi connectivity index (χ1v) is 8.66. The zero-order chi connectivity index (χ0) is 17.3. The number of nitrogens with zero attached hydrogens (tertiary/aromatic N) is 3. The van der Waals surface area contributed by atoms with Gasteiger partial charge in [0, 0.05) is 6.54 Å². The number of likely N-dealkylation sites (tertiary alicyclic amines) is 1. The van der Waals surface area contributed by atoms with E-state index < -0.39 is 0 Å². The lowest BCUT2D eigenvalue weighted by atomic mass is 9.82. The van der Waals surface area contributed by atoms with Gasteiger partial charge in [-0.15, -0.1) is 0 Å². The van der Waals surface area contributed by atoms with Crippen molar-refractivity contribution in [3.05, 3.63) is 42.5 Å². The van der Waals surface area contributed by atoms with Crippen molar-refractivity contribution in [3.8, 4) is 0 Å². The SMILES string of the molecule is CN(Cc1ccco1)C[C@@H]1CCC2(CN(C(=O)c3cocn3)C2)OC1. The summed E-state index contributed by atoms with van der Waals surface area (Å²) in [6.45, 7) is 3.84. The van der Waals surface area contributed by atoms with Gasteiger partial charge < -0.3 is 18.5 Å². The fraction of sp³-hybridized carbons (Fsp3) is 0.556. The molecule has 1 atom stereocenters. The van der Waals surface area contributed by atoms with Gasteiger partial charge in [0.05, 0.1) is 32.5 Å². The van der Waals surface area contributed by atoms with E-state index in [4.69, 9.17) is 13.6 Å². The van der Waals surface area contributed by atoms with E-state index in [0.717, 1.165) is 38.3 Å². The first-order chi connectivity index (χ1) is 12.1. The number of hydrogen-bond donors (Lipinski definition) is 0. The number of rotatable bonds is 5. The van der Waals surface area contributed by atoms with Crippen LogP contribution in [0.15, 0.2) is 39.9 Å². The van der Waals surface area contributed by atoms with Gasteiger partial charge in [0.2, 0.25) is 0 Å². The summed E-state index contributed by atoms with van der Waals surface area (Å²) in [5, 5.41) is 0. The monoisotopic (exact) mass is 345 g/mol. The van der Waals surface area contributed by atoms with Crippen molar-refractivity contribution in [2.24, 2.45) is 5.92 Å². The zero-order valence-corrected chi connectivity index (χ0v) is 14.4. The van der Waals surface area contributed by atoms with Crippen LogP contribution in [-0.2, 0) is 11.3 Å². The van der Waals surface area contributed by atoms with Gasteiger partial charge in [0.15, 0.2) is 12.1 Å². The first kappa shape index (κ1) is 16.4. The Balaban J connectivity index is 1.22. The summed E-state index contributed by atoms with van der Waals surface area (Å²) < 4.78 is 16.4. The second-order valence-corrected chi connectivity index (χ2v) is 7.21. The summed E-state index contributed by atoms with van der Waals surface area (Å²) in [7, 11) is 2.11. The van der Waals surface area contributed by atoms with E-state index in [2.05, 4.69) is 16.9 Å². The third-order valence-electron chi connectivity index (χ3n) is 5.11. The van der Waals surface area contributed by atoms with Gasteiger partial charge in [0.25, 0.3) is 5.91 Å². The maximum absolute atomic E-state index is 12.2. The fourth-order valence-corrected chi connectivity index (χ4v) is 3.76. The molecule has 2 aliphatic heterocycles. The van der Waals surface area contributed by atoms with Gasteiger partial charge in [-0.25, -0.2) is 4.98 Å². The Kier molecular flexibility index (Phi) is 4.35. The van der Waals surface area contributed by atoms with Crippen molar-refractivity contribution >= 4 is 5.91 Å². The van der Waals surface area contributed by atoms with Gasteiger partial charge in [-0.1, -0.05) is 0 Å². The van der Waals surface area contributed by atoms with Crippen LogP contribution >= 0.6 is 0 Å². The zero-order valence-electron chi connectivity index (χ0n) is 14.4. The number of carbonyl (C=O) groups excluding carboxylic acids is 1. The molecule has 0 unspecified atom stereocenters. The lowest BCUT2D eigenvalue weighted by Gasteiger charge is -2.52. The molecule has 7 nitrogen and oxygen atoms in total. The Morgan fingerprint density at radius 2 is 2.36 bits per heavy atom. The Labute approximate surface area is 146 Å². The minimum Gasteiger partial charge on any atom is -0.468 e. The molecule has 2 aromatic rings. The maximum atomic E-state index is 12.2. The van der Waals surface area contributed by atoms with E-state index in [0.29, 0.717) is 24.7 Å². The van der Waals surface area contributed by atoms with Crippen molar-refractivity contribution in [1.82, 2.24) is 14.8 Å². The molecule has 0 N–H and O–H groups in total. The average molecular weight is 345 g/mol. The number of aromatic nitrogens is 1. The van der Waals surface area contributed by atoms with Gasteiger partial charge in [-0.2, -0.15) is 0 Å². The molecule has 4 rings (SSSR count). The minimum absolute atomic E-state index is 0.0803. The normalized spacial score (nSPS) is 22.3. The molecule has 2 aliphatic rings. The van der Waals surface area contributed by atoms with Gasteiger partial charge >= 0.3 is 0 Å². The van der Waals surface area contributed by atoms with E-state index in [1.165, 1.54) is 12.7 Å². The van der Waals surface area contributed by atoms with Crippen molar-refractivity contribution in [1.29, 1.82) is 0 Å². The number of oxazole rings is 1. The lowest BCUT2D eigenvalue weighted by molar-refractivity contribution is -0.168. The molecule has 7 heteroatoms. The average Bonchev–Trinajstić information content (AvgIpc) is 3.26.